The summed E-state index contributed by atoms with van der Waals surface area (Å²) >= 11 is 13.0. The van der Waals surface area contributed by atoms with E-state index >= 15 is 0 Å². The van der Waals surface area contributed by atoms with Crippen LogP contribution in [0.5, 0.6) is 0 Å². The van der Waals surface area contributed by atoms with Crippen molar-refractivity contribution in [1.29, 1.82) is 0 Å². The van der Waals surface area contributed by atoms with Gasteiger partial charge in [-0.3, -0.25) is 4.68 Å². The van der Waals surface area contributed by atoms with E-state index < -0.39 is 0 Å². The van der Waals surface area contributed by atoms with E-state index in [1.54, 1.807) is 22.9 Å². The minimum atomic E-state index is -0.297. The predicted molar refractivity (Wildman–Crippen MR) is 122 cm³/mol. The normalized spacial score (nSPS) is 13.5. The van der Waals surface area contributed by atoms with Crippen molar-refractivity contribution in [3.05, 3.63) is 63.9 Å². The van der Waals surface area contributed by atoms with Gasteiger partial charge in [-0.1, -0.05) is 23.2 Å². The maximum Gasteiger partial charge on any atom is 0.173 e. The number of nitrogens with zero attached hydrogens (tertiary/aromatic N) is 6. The molecule has 1 aromatic carbocycles. The number of aromatic nitrogens is 6. The van der Waals surface area contributed by atoms with E-state index in [9.17, 15) is 4.39 Å². The molecule has 7 nitrogen and oxygen atoms in total. The van der Waals surface area contributed by atoms with Crippen molar-refractivity contribution in [2.45, 2.75) is 33.2 Å². The summed E-state index contributed by atoms with van der Waals surface area (Å²) in [6.07, 6.45) is 3.78. The minimum Gasteiger partial charge on any atom is -0.322 e. The first kappa shape index (κ1) is 20.9. The van der Waals surface area contributed by atoms with Gasteiger partial charge >= 0.3 is 0 Å². The maximum absolute atomic E-state index is 13.5. The highest BCUT2D eigenvalue weighted by molar-refractivity contribution is 6.35. The molecule has 5 rings (SSSR count). The summed E-state index contributed by atoms with van der Waals surface area (Å²) in [4.78, 5) is 8.61. The Labute approximate surface area is 194 Å². The maximum atomic E-state index is 13.5. The summed E-state index contributed by atoms with van der Waals surface area (Å²) < 4.78 is 17.0. The number of aryl methyl sites for hydroxylation is 1. The Morgan fingerprint density at radius 1 is 1.06 bits per heavy atom. The zero-order valence-electron chi connectivity index (χ0n) is 17.5. The Morgan fingerprint density at radius 3 is 2.47 bits per heavy atom. The van der Waals surface area contributed by atoms with Crippen molar-refractivity contribution in [3.63, 3.8) is 0 Å². The molecule has 0 atom stereocenters. The van der Waals surface area contributed by atoms with Gasteiger partial charge in [-0.25, -0.2) is 19.0 Å². The Hall–Kier alpha value is -2.97. The molecule has 0 radical (unpaired) electrons. The highest BCUT2D eigenvalue weighted by Crippen LogP contribution is 2.38. The van der Waals surface area contributed by atoms with E-state index in [1.165, 1.54) is 31.3 Å². The fourth-order valence-corrected chi connectivity index (χ4v) is 3.99. The second-order valence-corrected chi connectivity index (χ2v) is 8.68. The molecule has 0 spiro atoms. The molecule has 10 heteroatoms. The molecular weight excluding hydrogens is 452 g/mol. The van der Waals surface area contributed by atoms with Crippen LogP contribution in [0, 0.1) is 25.6 Å². The number of benzene rings is 1. The van der Waals surface area contributed by atoms with Crippen molar-refractivity contribution < 1.29 is 4.39 Å². The Balaban J connectivity index is 1.50. The summed E-state index contributed by atoms with van der Waals surface area (Å²) in [7, 11) is 0. The summed E-state index contributed by atoms with van der Waals surface area (Å²) in [5.74, 6) is 1.85. The molecule has 3 aromatic heterocycles. The molecule has 0 bridgehead atoms. The second-order valence-electron chi connectivity index (χ2n) is 7.93. The van der Waals surface area contributed by atoms with Crippen LogP contribution < -0.4 is 5.32 Å². The number of rotatable bonds is 6. The van der Waals surface area contributed by atoms with Gasteiger partial charge in [0.1, 0.15) is 23.0 Å². The molecule has 1 aliphatic carbocycles. The quantitative estimate of drug-likeness (QED) is 0.387. The van der Waals surface area contributed by atoms with E-state index in [0.717, 1.165) is 29.2 Å². The predicted octanol–water partition coefficient (Wildman–Crippen LogP) is 5.74. The summed E-state index contributed by atoms with van der Waals surface area (Å²) in [5.41, 5.74) is 3.07. The standard InChI is InChI=1S/C22H20Cl2FN7/c1-12-19(23)13(2)32(29-12)18-9-17(26-11-27-18)28-22-20(24)21(15-5-7-16(25)8-6-15)31(30-22)10-14-3-4-14/h5-9,11,14H,3-4,10H2,1-2H3,(H,26,27,28,30). The van der Waals surface area contributed by atoms with Crippen LogP contribution in [0.2, 0.25) is 10.0 Å². The lowest BCUT2D eigenvalue weighted by molar-refractivity contribution is 0.570. The van der Waals surface area contributed by atoms with E-state index in [1.807, 2.05) is 18.5 Å². The van der Waals surface area contributed by atoms with Gasteiger partial charge in [0.15, 0.2) is 11.6 Å². The number of halogens is 3. The molecule has 0 unspecified atom stereocenters. The molecule has 4 aromatic rings. The Bertz CT molecular complexity index is 1290. The third kappa shape index (κ3) is 3.96. The molecule has 1 saturated carbocycles. The van der Waals surface area contributed by atoms with Crippen molar-refractivity contribution in [3.8, 4) is 17.1 Å². The lowest BCUT2D eigenvalue weighted by Gasteiger charge is -2.07. The highest BCUT2D eigenvalue weighted by Gasteiger charge is 2.26. The van der Waals surface area contributed by atoms with E-state index in [4.69, 9.17) is 28.3 Å². The number of hydrogen-bond acceptors (Lipinski definition) is 5. The smallest absolute Gasteiger partial charge is 0.173 e. The van der Waals surface area contributed by atoms with Gasteiger partial charge in [-0.15, -0.1) is 0 Å². The van der Waals surface area contributed by atoms with Crippen LogP contribution in [0.3, 0.4) is 0 Å². The SMILES string of the molecule is Cc1nn(-c2cc(Nc3nn(CC4CC4)c(-c4ccc(F)cc4)c3Cl)ncn2)c(C)c1Cl. The fourth-order valence-electron chi connectivity index (χ4n) is 3.58. The summed E-state index contributed by atoms with van der Waals surface area (Å²) in [6, 6.07) is 8.01. The van der Waals surface area contributed by atoms with Crippen LogP contribution in [0.25, 0.3) is 17.1 Å². The van der Waals surface area contributed by atoms with Crippen LogP contribution >= 0.6 is 23.2 Å². The van der Waals surface area contributed by atoms with Crippen LogP contribution in [0.4, 0.5) is 16.0 Å². The third-order valence-electron chi connectivity index (χ3n) is 5.46. The Morgan fingerprint density at radius 2 is 1.81 bits per heavy atom. The largest absolute Gasteiger partial charge is 0.322 e. The van der Waals surface area contributed by atoms with Gasteiger partial charge in [0, 0.05) is 18.2 Å². The number of hydrogen-bond donors (Lipinski definition) is 1. The van der Waals surface area contributed by atoms with Gasteiger partial charge in [0.2, 0.25) is 0 Å². The molecule has 1 fully saturated rings. The van der Waals surface area contributed by atoms with Crippen molar-refractivity contribution >= 4 is 34.8 Å². The molecule has 1 N–H and O–H groups in total. The number of nitrogens with one attached hydrogen (secondary N) is 1. The van der Waals surface area contributed by atoms with Gasteiger partial charge in [-0.2, -0.15) is 10.2 Å². The number of anilines is 2. The van der Waals surface area contributed by atoms with Gasteiger partial charge in [0.25, 0.3) is 0 Å². The molecule has 0 amide bonds. The highest BCUT2D eigenvalue weighted by atomic mass is 35.5. The van der Waals surface area contributed by atoms with E-state index in [2.05, 4.69) is 20.4 Å². The molecule has 32 heavy (non-hydrogen) atoms. The van der Waals surface area contributed by atoms with Crippen LogP contribution in [-0.2, 0) is 6.54 Å². The fraction of sp³-hybridized carbons (Fsp3) is 0.273. The molecule has 0 saturated heterocycles. The molecular formula is C22H20Cl2FN7. The van der Waals surface area contributed by atoms with Gasteiger partial charge in [0.05, 0.1) is 22.1 Å². The topological polar surface area (TPSA) is 73.5 Å². The molecule has 3 heterocycles. The van der Waals surface area contributed by atoms with Crippen LogP contribution in [0.1, 0.15) is 24.2 Å². The average molecular weight is 472 g/mol. The van der Waals surface area contributed by atoms with Crippen molar-refractivity contribution in [2.24, 2.45) is 5.92 Å². The first-order chi connectivity index (χ1) is 15.4. The first-order valence-electron chi connectivity index (χ1n) is 10.2. The van der Waals surface area contributed by atoms with E-state index in [0.29, 0.717) is 33.4 Å². The molecule has 164 valence electrons. The average Bonchev–Trinajstić information content (AvgIpc) is 3.50. The monoisotopic (exact) mass is 471 g/mol. The van der Waals surface area contributed by atoms with Gasteiger partial charge in [-0.05, 0) is 56.9 Å². The second kappa shape index (κ2) is 8.18. The zero-order valence-corrected chi connectivity index (χ0v) is 19.0. The third-order valence-corrected chi connectivity index (χ3v) is 6.36. The summed E-state index contributed by atoms with van der Waals surface area (Å²) in [6.45, 7) is 4.48. The van der Waals surface area contributed by atoms with E-state index in [-0.39, 0.29) is 5.82 Å². The van der Waals surface area contributed by atoms with Crippen molar-refractivity contribution in [2.75, 3.05) is 5.32 Å². The lowest BCUT2D eigenvalue weighted by Crippen LogP contribution is -2.06. The van der Waals surface area contributed by atoms with Crippen molar-refractivity contribution in [1.82, 2.24) is 29.5 Å². The van der Waals surface area contributed by atoms with Crippen LogP contribution in [0.15, 0.2) is 36.7 Å². The minimum absolute atomic E-state index is 0.297. The van der Waals surface area contributed by atoms with Crippen LogP contribution in [-0.4, -0.2) is 29.5 Å². The van der Waals surface area contributed by atoms with Gasteiger partial charge < -0.3 is 5.32 Å². The lowest BCUT2D eigenvalue weighted by atomic mass is 10.1. The zero-order chi connectivity index (χ0) is 22.4. The Kier molecular flexibility index (Phi) is 5.35. The molecule has 1 aliphatic rings. The first-order valence-corrected chi connectivity index (χ1v) is 11.0. The molecule has 0 aliphatic heterocycles. The summed E-state index contributed by atoms with van der Waals surface area (Å²) in [5, 5.41) is 13.4.